The second kappa shape index (κ2) is 8.46. The first kappa shape index (κ1) is 21.2. The van der Waals surface area contributed by atoms with E-state index in [1.54, 1.807) is 12.1 Å². The van der Waals surface area contributed by atoms with E-state index in [1.165, 1.54) is 0 Å². The van der Waals surface area contributed by atoms with Gasteiger partial charge in [-0.05, 0) is 78.8 Å². The molecule has 3 rings (SSSR count). The zero-order valence-electron chi connectivity index (χ0n) is 17.7. The Labute approximate surface area is 177 Å². The van der Waals surface area contributed by atoms with Crippen molar-refractivity contribution >= 4 is 5.97 Å². The van der Waals surface area contributed by atoms with Gasteiger partial charge in [0.1, 0.15) is 17.2 Å². The summed E-state index contributed by atoms with van der Waals surface area (Å²) in [6.45, 7) is 11.0. The van der Waals surface area contributed by atoms with E-state index >= 15 is 0 Å². The van der Waals surface area contributed by atoms with Crippen molar-refractivity contribution in [3.8, 4) is 17.2 Å². The van der Waals surface area contributed by atoms with E-state index < -0.39 is 5.97 Å². The number of aryl methyl sites for hydroxylation is 4. The quantitative estimate of drug-likeness (QED) is 0.252. The maximum absolute atomic E-state index is 11.7. The Kier molecular flexibility index (Phi) is 5.97. The summed E-state index contributed by atoms with van der Waals surface area (Å²) < 4.78 is 5.42. The van der Waals surface area contributed by atoms with Gasteiger partial charge in [0.15, 0.2) is 0 Å². The number of phenols is 2. The Balaban J connectivity index is 2.19. The molecule has 2 N–H and O–H groups in total. The monoisotopic (exact) mass is 402 g/mol. The number of rotatable bonds is 5. The van der Waals surface area contributed by atoms with Crippen molar-refractivity contribution in [2.75, 3.05) is 0 Å². The fourth-order valence-electron chi connectivity index (χ4n) is 3.85. The molecule has 4 heteroatoms. The van der Waals surface area contributed by atoms with E-state index in [0.717, 1.165) is 45.0 Å². The maximum atomic E-state index is 11.7. The van der Waals surface area contributed by atoms with Crippen LogP contribution in [0, 0.1) is 27.7 Å². The van der Waals surface area contributed by atoms with Crippen molar-refractivity contribution in [2.24, 2.45) is 0 Å². The zero-order valence-corrected chi connectivity index (χ0v) is 17.7. The number of hydrogen-bond donors (Lipinski definition) is 2. The number of aromatic hydroxyl groups is 2. The molecule has 0 aliphatic rings. The summed E-state index contributed by atoms with van der Waals surface area (Å²) in [5, 5.41) is 20.0. The van der Waals surface area contributed by atoms with Crippen LogP contribution in [-0.2, 0) is 4.79 Å². The summed E-state index contributed by atoms with van der Waals surface area (Å²) in [7, 11) is 0. The third-order valence-electron chi connectivity index (χ3n) is 5.26. The average Bonchev–Trinajstić information content (AvgIpc) is 2.70. The lowest BCUT2D eigenvalue weighted by atomic mass is 9.82. The molecule has 0 heterocycles. The predicted octanol–water partition coefficient (Wildman–Crippen LogP) is 5.60. The predicted molar refractivity (Wildman–Crippen MR) is 118 cm³/mol. The molecule has 3 aromatic rings. The van der Waals surface area contributed by atoms with Gasteiger partial charge in [-0.2, -0.15) is 0 Å². The normalized spacial score (nSPS) is 11.7. The fraction of sp³-hybridized carbons (Fsp3) is 0.192. The topological polar surface area (TPSA) is 66.8 Å². The third kappa shape index (κ3) is 4.23. The lowest BCUT2D eigenvalue weighted by Gasteiger charge is -2.23. The zero-order chi connectivity index (χ0) is 22.0. The van der Waals surface area contributed by atoms with Crippen LogP contribution in [0.15, 0.2) is 61.2 Å². The smallest absolute Gasteiger partial charge is 0.335 e. The fourth-order valence-corrected chi connectivity index (χ4v) is 3.85. The number of carbonyl (C=O) groups excluding carboxylic acids is 1. The summed E-state index contributed by atoms with van der Waals surface area (Å²) in [6, 6.07) is 15.1. The summed E-state index contributed by atoms with van der Waals surface area (Å²) in [6.07, 6.45) is 1.15. The Hall–Kier alpha value is -3.53. The Bertz CT molecular complexity index is 1060. The summed E-state index contributed by atoms with van der Waals surface area (Å²) in [5.41, 5.74) is 6.36. The van der Waals surface area contributed by atoms with Crippen LogP contribution >= 0.6 is 0 Å². The molecule has 0 amide bonds. The Morgan fingerprint density at radius 2 is 1.30 bits per heavy atom. The van der Waals surface area contributed by atoms with Gasteiger partial charge in [0.25, 0.3) is 0 Å². The number of benzene rings is 3. The van der Waals surface area contributed by atoms with E-state index in [1.807, 2.05) is 64.1 Å². The van der Waals surface area contributed by atoms with E-state index in [2.05, 4.69) is 6.58 Å². The highest BCUT2D eigenvalue weighted by Crippen LogP contribution is 2.38. The van der Waals surface area contributed by atoms with E-state index in [4.69, 9.17) is 4.74 Å². The number of ether oxygens (including phenoxy) is 1. The van der Waals surface area contributed by atoms with Crippen molar-refractivity contribution in [1.29, 1.82) is 0 Å². The molecule has 0 fully saturated rings. The van der Waals surface area contributed by atoms with Crippen LogP contribution in [0.1, 0.15) is 44.9 Å². The molecule has 0 saturated heterocycles. The Morgan fingerprint density at radius 1 is 0.833 bits per heavy atom. The lowest BCUT2D eigenvalue weighted by Crippen LogP contribution is -2.09. The molecule has 0 radical (unpaired) electrons. The van der Waals surface area contributed by atoms with Gasteiger partial charge in [-0.1, -0.05) is 43.0 Å². The Morgan fingerprint density at radius 3 is 1.77 bits per heavy atom. The molecule has 4 nitrogen and oxygen atoms in total. The first-order valence-corrected chi connectivity index (χ1v) is 9.75. The second-order valence-corrected chi connectivity index (χ2v) is 7.64. The van der Waals surface area contributed by atoms with Crippen molar-refractivity contribution < 1.29 is 19.7 Å². The van der Waals surface area contributed by atoms with E-state index in [0.29, 0.717) is 11.5 Å². The van der Waals surface area contributed by atoms with Gasteiger partial charge >= 0.3 is 5.97 Å². The molecular formula is C26H26O4. The van der Waals surface area contributed by atoms with E-state index in [9.17, 15) is 15.0 Å². The molecule has 0 bridgehead atoms. The van der Waals surface area contributed by atoms with Gasteiger partial charge in [0, 0.05) is 12.0 Å². The first-order chi connectivity index (χ1) is 14.2. The minimum absolute atomic E-state index is 0.120. The largest absolute Gasteiger partial charge is 0.508 e. The van der Waals surface area contributed by atoms with Crippen LogP contribution in [0.3, 0.4) is 0 Å². The van der Waals surface area contributed by atoms with Crippen molar-refractivity contribution in [2.45, 2.75) is 33.6 Å². The second-order valence-electron chi connectivity index (χ2n) is 7.64. The highest BCUT2D eigenvalue weighted by molar-refractivity contribution is 5.83. The molecule has 3 aromatic carbocycles. The SMILES string of the molecule is C=CC(=O)Oc1c(C)cc(C(c2ccc(O)cc2)c2cc(C)c(O)c(C)c2)cc1C. The van der Waals surface area contributed by atoms with Crippen LogP contribution in [0.4, 0.5) is 0 Å². The van der Waals surface area contributed by atoms with Gasteiger partial charge in [0.05, 0.1) is 0 Å². The van der Waals surface area contributed by atoms with Crippen molar-refractivity contribution in [3.63, 3.8) is 0 Å². The van der Waals surface area contributed by atoms with Crippen molar-refractivity contribution in [3.05, 3.63) is 100 Å². The van der Waals surface area contributed by atoms with Crippen molar-refractivity contribution in [1.82, 2.24) is 0 Å². The number of carbonyl (C=O) groups is 1. The molecule has 0 aliphatic carbocycles. The summed E-state index contributed by atoms with van der Waals surface area (Å²) >= 11 is 0. The number of phenolic OH excluding ortho intramolecular Hbond substituents is 2. The van der Waals surface area contributed by atoms with Gasteiger partial charge in [-0.15, -0.1) is 0 Å². The first-order valence-electron chi connectivity index (χ1n) is 9.75. The standard InChI is InChI=1S/C26H26O4/c1-6-23(28)30-26-17(4)13-21(14-18(26)5)24(19-7-9-22(27)10-8-19)20-11-15(2)25(29)16(3)12-20/h6-14,24,27,29H,1H2,2-5H3. The van der Waals surface area contributed by atoms with Crippen LogP contribution in [0.2, 0.25) is 0 Å². The van der Waals surface area contributed by atoms with Gasteiger partial charge in [-0.3, -0.25) is 0 Å². The maximum Gasteiger partial charge on any atom is 0.335 e. The summed E-state index contributed by atoms with van der Waals surface area (Å²) in [4.78, 5) is 11.7. The molecule has 1 unspecified atom stereocenters. The summed E-state index contributed by atoms with van der Waals surface area (Å²) in [5.74, 6) is 0.419. The molecule has 1 atom stereocenters. The van der Waals surface area contributed by atoms with Gasteiger partial charge < -0.3 is 14.9 Å². The molecule has 0 saturated carbocycles. The highest BCUT2D eigenvalue weighted by atomic mass is 16.5. The molecule has 0 aliphatic heterocycles. The average molecular weight is 402 g/mol. The molecule has 0 aromatic heterocycles. The van der Waals surface area contributed by atoms with Gasteiger partial charge in [-0.25, -0.2) is 4.79 Å². The molecule has 154 valence electrons. The third-order valence-corrected chi connectivity index (χ3v) is 5.26. The lowest BCUT2D eigenvalue weighted by molar-refractivity contribution is -0.129. The minimum Gasteiger partial charge on any atom is -0.508 e. The number of esters is 1. The molecule has 0 spiro atoms. The van der Waals surface area contributed by atoms with Crippen LogP contribution in [0.25, 0.3) is 0 Å². The molecular weight excluding hydrogens is 376 g/mol. The number of hydrogen-bond acceptors (Lipinski definition) is 4. The molecule has 30 heavy (non-hydrogen) atoms. The van der Waals surface area contributed by atoms with Crippen LogP contribution in [0.5, 0.6) is 17.2 Å². The van der Waals surface area contributed by atoms with Crippen LogP contribution < -0.4 is 4.74 Å². The van der Waals surface area contributed by atoms with Crippen LogP contribution in [-0.4, -0.2) is 16.2 Å². The highest BCUT2D eigenvalue weighted by Gasteiger charge is 2.21. The minimum atomic E-state index is -0.492. The van der Waals surface area contributed by atoms with E-state index in [-0.39, 0.29) is 11.7 Å². The van der Waals surface area contributed by atoms with Gasteiger partial charge in [0.2, 0.25) is 0 Å².